The lowest BCUT2D eigenvalue weighted by atomic mass is 9.95. The van der Waals surface area contributed by atoms with Crippen molar-refractivity contribution in [3.63, 3.8) is 0 Å². The van der Waals surface area contributed by atoms with E-state index in [0.717, 1.165) is 30.5 Å². The largest absolute Gasteiger partial charge is 0.382 e. The molecule has 0 radical (unpaired) electrons. The first kappa shape index (κ1) is 13.7. The highest BCUT2D eigenvalue weighted by molar-refractivity contribution is 9.10. The quantitative estimate of drug-likeness (QED) is 0.780. The molecule has 0 heterocycles. The zero-order valence-electron chi connectivity index (χ0n) is 9.79. The number of hydrogen-bond acceptors (Lipinski definition) is 2. The Bertz CT molecular complexity index is 304. The van der Waals surface area contributed by atoms with Gasteiger partial charge in [0.25, 0.3) is 0 Å². The molecule has 90 valence electrons. The van der Waals surface area contributed by atoms with E-state index in [1.165, 1.54) is 5.56 Å². The van der Waals surface area contributed by atoms with Crippen LogP contribution >= 0.6 is 15.9 Å². The lowest BCUT2D eigenvalue weighted by Crippen LogP contribution is -2.13. The average molecular weight is 286 g/mol. The lowest BCUT2D eigenvalue weighted by molar-refractivity contribution is 0.142. The molecule has 0 amide bonds. The summed E-state index contributed by atoms with van der Waals surface area (Å²) in [7, 11) is 0. The Morgan fingerprint density at radius 2 is 2.25 bits per heavy atom. The van der Waals surface area contributed by atoms with Crippen molar-refractivity contribution in [2.75, 3.05) is 19.8 Å². The monoisotopic (exact) mass is 285 g/mol. The minimum absolute atomic E-state index is 0.443. The third-order valence-corrected chi connectivity index (χ3v) is 3.14. The van der Waals surface area contributed by atoms with Gasteiger partial charge >= 0.3 is 0 Å². The fourth-order valence-corrected chi connectivity index (χ4v) is 2.17. The second-order valence-electron chi connectivity index (χ2n) is 3.83. The molecule has 0 aliphatic carbocycles. The Balaban J connectivity index is 2.47. The van der Waals surface area contributed by atoms with Crippen LogP contribution in [-0.2, 0) is 4.74 Å². The predicted octanol–water partition coefficient (Wildman–Crippen LogP) is 3.31. The van der Waals surface area contributed by atoms with Gasteiger partial charge in [-0.2, -0.15) is 0 Å². The summed E-state index contributed by atoms with van der Waals surface area (Å²) in [6.07, 6.45) is 2.16. The van der Waals surface area contributed by atoms with Gasteiger partial charge in [-0.3, -0.25) is 0 Å². The van der Waals surface area contributed by atoms with Gasteiger partial charge in [-0.15, -0.1) is 0 Å². The van der Waals surface area contributed by atoms with Gasteiger partial charge in [0.1, 0.15) is 0 Å². The predicted molar refractivity (Wildman–Crippen MR) is 71.7 cm³/mol. The van der Waals surface area contributed by atoms with Gasteiger partial charge in [-0.25, -0.2) is 0 Å². The second kappa shape index (κ2) is 7.82. The molecule has 0 aromatic heterocycles. The highest BCUT2D eigenvalue weighted by atomic mass is 79.9. The van der Waals surface area contributed by atoms with Gasteiger partial charge in [0.05, 0.1) is 0 Å². The summed E-state index contributed by atoms with van der Waals surface area (Å²) in [5, 5.41) is 0. The molecule has 16 heavy (non-hydrogen) atoms. The second-order valence-corrected chi connectivity index (χ2v) is 4.74. The minimum Gasteiger partial charge on any atom is -0.382 e. The van der Waals surface area contributed by atoms with Gasteiger partial charge in [-0.1, -0.05) is 28.1 Å². The molecule has 2 N–H and O–H groups in total. The van der Waals surface area contributed by atoms with Crippen LogP contribution < -0.4 is 5.73 Å². The molecule has 1 aromatic rings. The third-order valence-electron chi connectivity index (χ3n) is 2.65. The summed E-state index contributed by atoms with van der Waals surface area (Å²) in [5.41, 5.74) is 7.13. The number of nitrogens with two attached hydrogens (primary N) is 1. The van der Waals surface area contributed by atoms with Crippen molar-refractivity contribution >= 4 is 15.9 Å². The van der Waals surface area contributed by atoms with Crippen molar-refractivity contribution in [2.45, 2.75) is 25.7 Å². The highest BCUT2D eigenvalue weighted by Gasteiger charge is 2.09. The molecule has 2 nitrogen and oxygen atoms in total. The molecular formula is C13H20BrNO. The molecule has 1 atom stereocenters. The van der Waals surface area contributed by atoms with Crippen LogP contribution in [0.15, 0.2) is 28.7 Å². The van der Waals surface area contributed by atoms with Crippen LogP contribution in [0.2, 0.25) is 0 Å². The Labute approximate surface area is 106 Å². The highest BCUT2D eigenvalue weighted by Crippen LogP contribution is 2.23. The van der Waals surface area contributed by atoms with Gasteiger partial charge in [0.2, 0.25) is 0 Å². The SMILES string of the molecule is CCOCCCC(CN)c1cccc(Br)c1. The molecular weight excluding hydrogens is 266 g/mol. The molecule has 0 aliphatic rings. The van der Waals surface area contributed by atoms with Crippen molar-refractivity contribution in [1.82, 2.24) is 0 Å². The minimum atomic E-state index is 0.443. The smallest absolute Gasteiger partial charge is 0.0466 e. The summed E-state index contributed by atoms with van der Waals surface area (Å²) in [4.78, 5) is 0. The van der Waals surface area contributed by atoms with E-state index in [4.69, 9.17) is 10.5 Å². The van der Waals surface area contributed by atoms with Crippen molar-refractivity contribution in [3.05, 3.63) is 34.3 Å². The summed E-state index contributed by atoms with van der Waals surface area (Å²) in [5.74, 6) is 0.443. The fraction of sp³-hybridized carbons (Fsp3) is 0.538. The van der Waals surface area contributed by atoms with Crippen molar-refractivity contribution in [1.29, 1.82) is 0 Å². The molecule has 1 rings (SSSR count). The number of halogens is 1. The first-order chi connectivity index (χ1) is 7.77. The number of hydrogen-bond donors (Lipinski definition) is 1. The summed E-state index contributed by atoms with van der Waals surface area (Å²) in [6.45, 7) is 4.35. The normalized spacial score (nSPS) is 12.7. The molecule has 0 fully saturated rings. The van der Waals surface area contributed by atoms with Crippen LogP contribution in [-0.4, -0.2) is 19.8 Å². The number of ether oxygens (including phenoxy) is 1. The summed E-state index contributed by atoms with van der Waals surface area (Å²) in [6, 6.07) is 8.39. The molecule has 0 bridgehead atoms. The van der Waals surface area contributed by atoms with Crippen LogP contribution in [0.5, 0.6) is 0 Å². The van der Waals surface area contributed by atoms with Crippen molar-refractivity contribution in [3.8, 4) is 0 Å². The van der Waals surface area contributed by atoms with Gasteiger partial charge in [-0.05, 0) is 49.9 Å². The fourth-order valence-electron chi connectivity index (χ4n) is 1.76. The van der Waals surface area contributed by atoms with Crippen LogP contribution in [0.4, 0.5) is 0 Å². The Morgan fingerprint density at radius 3 is 2.88 bits per heavy atom. The van der Waals surface area contributed by atoms with E-state index in [1.54, 1.807) is 0 Å². The Hall–Kier alpha value is -0.380. The molecule has 0 aliphatic heterocycles. The standard InChI is InChI=1S/C13H20BrNO/c1-2-16-8-4-6-12(10-15)11-5-3-7-13(14)9-11/h3,5,7,9,12H,2,4,6,8,10,15H2,1H3. The molecule has 0 saturated carbocycles. The maximum atomic E-state index is 5.81. The van der Waals surface area contributed by atoms with Crippen LogP contribution in [0.25, 0.3) is 0 Å². The number of rotatable bonds is 7. The molecule has 1 aromatic carbocycles. The maximum Gasteiger partial charge on any atom is 0.0466 e. The zero-order chi connectivity index (χ0) is 11.8. The maximum absolute atomic E-state index is 5.81. The van der Waals surface area contributed by atoms with Gasteiger partial charge < -0.3 is 10.5 Å². The molecule has 0 saturated heterocycles. The van der Waals surface area contributed by atoms with Crippen molar-refractivity contribution in [2.24, 2.45) is 5.73 Å². The van der Waals surface area contributed by atoms with E-state index >= 15 is 0 Å². The topological polar surface area (TPSA) is 35.2 Å². The molecule has 1 unspecified atom stereocenters. The van der Waals surface area contributed by atoms with Crippen LogP contribution in [0.3, 0.4) is 0 Å². The van der Waals surface area contributed by atoms with Crippen LogP contribution in [0, 0.1) is 0 Å². The first-order valence-electron chi connectivity index (χ1n) is 5.81. The van der Waals surface area contributed by atoms with E-state index in [-0.39, 0.29) is 0 Å². The summed E-state index contributed by atoms with van der Waals surface area (Å²) < 4.78 is 6.46. The van der Waals surface area contributed by atoms with Gasteiger partial charge in [0.15, 0.2) is 0 Å². The van der Waals surface area contributed by atoms with E-state index in [0.29, 0.717) is 12.5 Å². The molecule has 0 spiro atoms. The molecule has 3 heteroatoms. The third kappa shape index (κ3) is 4.64. The van der Waals surface area contributed by atoms with E-state index in [9.17, 15) is 0 Å². The van der Waals surface area contributed by atoms with Gasteiger partial charge in [0, 0.05) is 17.7 Å². The first-order valence-corrected chi connectivity index (χ1v) is 6.60. The Kier molecular flexibility index (Phi) is 6.69. The van der Waals surface area contributed by atoms with Crippen molar-refractivity contribution < 1.29 is 4.74 Å². The summed E-state index contributed by atoms with van der Waals surface area (Å²) >= 11 is 3.49. The van der Waals surface area contributed by atoms with E-state index in [1.807, 2.05) is 13.0 Å². The van der Waals surface area contributed by atoms with Crippen LogP contribution in [0.1, 0.15) is 31.2 Å². The number of benzene rings is 1. The Morgan fingerprint density at radius 1 is 1.44 bits per heavy atom. The lowest BCUT2D eigenvalue weighted by Gasteiger charge is -2.15. The van der Waals surface area contributed by atoms with E-state index < -0.39 is 0 Å². The average Bonchev–Trinajstić information content (AvgIpc) is 2.29. The van der Waals surface area contributed by atoms with E-state index in [2.05, 4.69) is 34.1 Å². The zero-order valence-corrected chi connectivity index (χ0v) is 11.4.